The summed E-state index contributed by atoms with van der Waals surface area (Å²) in [7, 11) is 1.78. The minimum absolute atomic E-state index is 0.0147. The van der Waals surface area contributed by atoms with Crippen molar-refractivity contribution in [2.75, 3.05) is 0 Å². The Bertz CT molecular complexity index is 330. The lowest BCUT2D eigenvalue weighted by Gasteiger charge is -2.16. The zero-order valence-corrected chi connectivity index (χ0v) is 10.6. The molecule has 0 aromatic carbocycles. The van der Waals surface area contributed by atoms with Gasteiger partial charge in [-0.15, -0.1) is 0 Å². The van der Waals surface area contributed by atoms with Crippen LogP contribution in [0.15, 0.2) is 10.7 Å². The fourth-order valence-corrected chi connectivity index (χ4v) is 1.86. The molecule has 1 heterocycles. The normalized spacial score (nSPS) is 11.8. The van der Waals surface area contributed by atoms with E-state index in [9.17, 15) is 4.79 Å². The first kappa shape index (κ1) is 11.4. The molecule has 0 aliphatic carbocycles. The number of carbonyl (C=O) groups is 1. The van der Waals surface area contributed by atoms with Crippen molar-refractivity contribution in [2.45, 2.75) is 27.2 Å². The Hall–Kier alpha value is -0.640. The van der Waals surface area contributed by atoms with Gasteiger partial charge in [0.1, 0.15) is 5.69 Å². The Balaban J connectivity index is 2.90. The van der Waals surface area contributed by atoms with E-state index >= 15 is 0 Å². The average Bonchev–Trinajstić information content (AvgIpc) is 2.27. The predicted octanol–water partition coefficient (Wildman–Crippen LogP) is 2.80. The number of nitrogens with zero attached hydrogens (tertiary/aromatic N) is 2. The molecule has 0 aliphatic rings. The van der Waals surface area contributed by atoms with Crippen molar-refractivity contribution < 1.29 is 4.79 Å². The molecular formula is C10H15BrN2O. The van der Waals surface area contributed by atoms with E-state index in [4.69, 9.17) is 0 Å². The van der Waals surface area contributed by atoms with E-state index in [0.717, 1.165) is 4.47 Å². The highest BCUT2D eigenvalue weighted by Gasteiger charge is 2.21. The largest absolute Gasteiger partial charge is 0.292 e. The Morgan fingerprint density at radius 2 is 2.14 bits per heavy atom. The molecule has 3 nitrogen and oxygen atoms in total. The molecule has 0 radical (unpaired) electrons. The number of hydrogen-bond donors (Lipinski definition) is 0. The number of halogens is 1. The van der Waals surface area contributed by atoms with Gasteiger partial charge in [0.05, 0.1) is 10.7 Å². The van der Waals surface area contributed by atoms with Gasteiger partial charge >= 0.3 is 0 Å². The highest BCUT2D eigenvalue weighted by atomic mass is 79.9. The lowest BCUT2D eigenvalue weighted by atomic mass is 9.89. The van der Waals surface area contributed by atoms with Crippen LogP contribution in [0.2, 0.25) is 0 Å². The summed E-state index contributed by atoms with van der Waals surface area (Å²) in [5.41, 5.74) is 0.667. The van der Waals surface area contributed by atoms with Crippen molar-refractivity contribution in [3.8, 4) is 0 Å². The van der Waals surface area contributed by atoms with Crippen LogP contribution in [0.3, 0.4) is 0 Å². The molecule has 0 saturated heterocycles. The van der Waals surface area contributed by atoms with Gasteiger partial charge in [-0.1, -0.05) is 20.8 Å². The Kier molecular flexibility index (Phi) is 3.14. The Morgan fingerprint density at radius 1 is 1.57 bits per heavy atom. The van der Waals surface area contributed by atoms with Gasteiger partial charge in [-0.2, -0.15) is 5.10 Å². The highest BCUT2D eigenvalue weighted by Crippen LogP contribution is 2.24. The van der Waals surface area contributed by atoms with E-state index in [-0.39, 0.29) is 11.2 Å². The molecule has 0 spiro atoms. The molecule has 0 unspecified atom stereocenters. The summed E-state index contributed by atoms with van der Waals surface area (Å²) in [6.45, 7) is 6.15. The summed E-state index contributed by atoms with van der Waals surface area (Å²) in [5.74, 6) is 0.129. The number of hydrogen-bond acceptors (Lipinski definition) is 2. The maximum atomic E-state index is 11.9. The van der Waals surface area contributed by atoms with Crippen LogP contribution in [-0.4, -0.2) is 15.6 Å². The van der Waals surface area contributed by atoms with Crippen molar-refractivity contribution in [3.05, 3.63) is 16.4 Å². The van der Waals surface area contributed by atoms with Crippen LogP contribution < -0.4 is 0 Å². The third-order valence-electron chi connectivity index (χ3n) is 1.85. The third-order valence-corrected chi connectivity index (χ3v) is 2.43. The van der Waals surface area contributed by atoms with E-state index in [1.165, 1.54) is 0 Å². The summed E-state index contributed by atoms with van der Waals surface area (Å²) in [6, 6.07) is 0. The Morgan fingerprint density at radius 3 is 2.50 bits per heavy atom. The highest BCUT2D eigenvalue weighted by molar-refractivity contribution is 9.10. The molecule has 0 aliphatic heterocycles. The second kappa shape index (κ2) is 3.85. The first-order valence-corrected chi connectivity index (χ1v) is 5.31. The Labute approximate surface area is 92.6 Å². The summed E-state index contributed by atoms with van der Waals surface area (Å²) in [4.78, 5) is 11.9. The lowest BCUT2D eigenvalue weighted by Crippen LogP contribution is -2.16. The number of aromatic nitrogens is 2. The molecule has 1 rings (SSSR count). The topological polar surface area (TPSA) is 34.9 Å². The third kappa shape index (κ3) is 2.67. The molecule has 0 saturated carbocycles. The summed E-state index contributed by atoms with van der Waals surface area (Å²) in [6.07, 6.45) is 2.18. The van der Waals surface area contributed by atoms with Crippen LogP contribution in [0.5, 0.6) is 0 Å². The monoisotopic (exact) mass is 258 g/mol. The van der Waals surface area contributed by atoms with Crippen molar-refractivity contribution in [1.82, 2.24) is 9.78 Å². The maximum Gasteiger partial charge on any atom is 0.182 e. The second-order valence-corrected chi connectivity index (χ2v) is 5.48. The lowest BCUT2D eigenvalue weighted by molar-refractivity contribution is 0.0929. The first-order valence-electron chi connectivity index (χ1n) is 4.52. The van der Waals surface area contributed by atoms with Crippen molar-refractivity contribution in [2.24, 2.45) is 12.5 Å². The standard InChI is InChI=1S/C10H15BrN2O/c1-10(2,3)5-8(14)9-7(11)6-12-13(9)4/h6H,5H2,1-4H3. The number of carbonyl (C=O) groups excluding carboxylic acids is 1. The van der Waals surface area contributed by atoms with E-state index in [1.54, 1.807) is 17.9 Å². The van der Waals surface area contributed by atoms with Crippen LogP contribution >= 0.6 is 15.9 Å². The fraction of sp³-hybridized carbons (Fsp3) is 0.600. The van der Waals surface area contributed by atoms with Gasteiger partial charge in [-0.05, 0) is 21.3 Å². The van der Waals surface area contributed by atoms with Gasteiger partial charge in [-0.3, -0.25) is 9.48 Å². The zero-order valence-electron chi connectivity index (χ0n) is 8.97. The van der Waals surface area contributed by atoms with Crippen LogP contribution in [0.1, 0.15) is 37.7 Å². The minimum atomic E-state index is 0.0147. The summed E-state index contributed by atoms with van der Waals surface area (Å²) in [5, 5.41) is 4.02. The van der Waals surface area contributed by atoms with Crippen LogP contribution in [0.4, 0.5) is 0 Å². The van der Waals surface area contributed by atoms with E-state index in [0.29, 0.717) is 12.1 Å². The van der Waals surface area contributed by atoms with Crippen molar-refractivity contribution >= 4 is 21.7 Å². The molecular weight excluding hydrogens is 244 g/mol. The molecule has 4 heteroatoms. The predicted molar refractivity (Wildman–Crippen MR) is 59.3 cm³/mol. The first-order chi connectivity index (χ1) is 6.31. The van der Waals surface area contributed by atoms with Gasteiger partial charge in [0, 0.05) is 13.5 Å². The minimum Gasteiger partial charge on any atom is -0.292 e. The smallest absolute Gasteiger partial charge is 0.182 e. The average molecular weight is 259 g/mol. The number of rotatable bonds is 2. The van der Waals surface area contributed by atoms with Gasteiger partial charge < -0.3 is 0 Å². The van der Waals surface area contributed by atoms with Crippen LogP contribution in [-0.2, 0) is 7.05 Å². The molecule has 0 bridgehead atoms. The molecule has 14 heavy (non-hydrogen) atoms. The van der Waals surface area contributed by atoms with E-state index in [1.807, 2.05) is 0 Å². The molecule has 0 N–H and O–H groups in total. The molecule has 0 fully saturated rings. The quantitative estimate of drug-likeness (QED) is 0.765. The number of ketones is 1. The maximum absolute atomic E-state index is 11.9. The zero-order chi connectivity index (χ0) is 10.9. The molecule has 78 valence electrons. The van der Waals surface area contributed by atoms with Crippen molar-refractivity contribution in [3.63, 3.8) is 0 Å². The number of aryl methyl sites for hydroxylation is 1. The fourth-order valence-electron chi connectivity index (χ4n) is 1.29. The summed E-state index contributed by atoms with van der Waals surface area (Å²) < 4.78 is 2.38. The van der Waals surface area contributed by atoms with Crippen LogP contribution in [0, 0.1) is 5.41 Å². The van der Waals surface area contributed by atoms with Crippen LogP contribution in [0.25, 0.3) is 0 Å². The van der Waals surface area contributed by atoms with Gasteiger partial charge in [0.15, 0.2) is 5.78 Å². The SMILES string of the molecule is Cn1ncc(Br)c1C(=O)CC(C)(C)C. The number of Topliss-reactive ketones (excluding diaryl/α,β-unsaturated/α-hetero) is 1. The van der Waals surface area contributed by atoms with Gasteiger partial charge in [0.2, 0.25) is 0 Å². The summed E-state index contributed by atoms with van der Waals surface area (Å²) >= 11 is 3.32. The molecule has 1 aromatic rings. The molecule has 0 amide bonds. The van der Waals surface area contributed by atoms with Gasteiger partial charge in [0.25, 0.3) is 0 Å². The van der Waals surface area contributed by atoms with Gasteiger partial charge in [-0.25, -0.2) is 0 Å². The second-order valence-electron chi connectivity index (χ2n) is 4.63. The van der Waals surface area contributed by atoms with E-state index in [2.05, 4.69) is 41.8 Å². The molecule has 0 atom stereocenters. The molecule has 1 aromatic heterocycles. The van der Waals surface area contributed by atoms with Crippen molar-refractivity contribution in [1.29, 1.82) is 0 Å². The van der Waals surface area contributed by atoms with E-state index < -0.39 is 0 Å².